The molecule has 1 saturated heterocycles. The predicted octanol–water partition coefficient (Wildman–Crippen LogP) is -0.740. The van der Waals surface area contributed by atoms with E-state index in [2.05, 4.69) is 15.5 Å². The van der Waals surface area contributed by atoms with Crippen molar-refractivity contribution in [3.63, 3.8) is 0 Å². The van der Waals surface area contributed by atoms with Crippen molar-refractivity contribution in [3.8, 4) is 0 Å². The molecule has 0 bridgehead atoms. The van der Waals surface area contributed by atoms with Crippen LogP contribution < -0.4 is 10.6 Å². The quantitative estimate of drug-likeness (QED) is 0.606. The number of nitrogens with one attached hydrogen (secondary N) is 2. The molecule has 1 rings (SSSR count). The Balaban J connectivity index is 2.61. The number of rotatable bonds is 4. The van der Waals surface area contributed by atoms with Crippen molar-refractivity contribution >= 4 is 11.9 Å². The Morgan fingerprint density at radius 2 is 1.88 bits per heavy atom. The predicted molar refractivity (Wildman–Crippen MR) is 63.8 cm³/mol. The fraction of sp³-hybridized carbons (Fsp3) is 0.818. The molecule has 1 atom stereocenters. The summed E-state index contributed by atoms with van der Waals surface area (Å²) >= 11 is 0. The van der Waals surface area contributed by atoms with Crippen LogP contribution in [0.1, 0.15) is 20.8 Å². The average molecular weight is 243 g/mol. The molecule has 0 radical (unpaired) electrons. The first-order valence-corrected chi connectivity index (χ1v) is 5.85. The molecule has 0 aromatic rings. The Labute approximate surface area is 101 Å². The van der Waals surface area contributed by atoms with Crippen molar-refractivity contribution in [3.05, 3.63) is 0 Å². The van der Waals surface area contributed by atoms with Gasteiger partial charge in [-0.05, 0) is 20.8 Å². The minimum atomic E-state index is -1.02. The maximum atomic E-state index is 12.0. The van der Waals surface area contributed by atoms with Crippen LogP contribution in [0.15, 0.2) is 0 Å². The number of aliphatic carboxylic acids is 1. The van der Waals surface area contributed by atoms with Gasteiger partial charge in [0.2, 0.25) is 5.91 Å². The van der Waals surface area contributed by atoms with Gasteiger partial charge in [-0.1, -0.05) is 0 Å². The molecule has 1 fully saturated rings. The lowest BCUT2D eigenvalue weighted by atomic mass is 10.00. The van der Waals surface area contributed by atoms with Gasteiger partial charge < -0.3 is 15.7 Å². The fourth-order valence-electron chi connectivity index (χ4n) is 1.80. The summed E-state index contributed by atoms with van der Waals surface area (Å²) < 4.78 is 0. The van der Waals surface area contributed by atoms with Crippen LogP contribution in [0.5, 0.6) is 0 Å². The van der Waals surface area contributed by atoms with Gasteiger partial charge in [0.15, 0.2) is 0 Å². The highest BCUT2D eigenvalue weighted by Crippen LogP contribution is 2.15. The summed E-state index contributed by atoms with van der Waals surface area (Å²) in [5.41, 5.74) is -0.675. The van der Waals surface area contributed by atoms with Crippen LogP contribution in [0.2, 0.25) is 0 Å². The van der Waals surface area contributed by atoms with Crippen molar-refractivity contribution < 1.29 is 14.7 Å². The first-order chi connectivity index (χ1) is 7.85. The number of amides is 1. The summed E-state index contributed by atoms with van der Waals surface area (Å²) in [5.74, 6) is -1.26. The molecule has 6 nitrogen and oxygen atoms in total. The first kappa shape index (κ1) is 13.9. The molecule has 0 aromatic heterocycles. The lowest BCUT2D eigenvalue weighted by Gasteiger charge is -2.40. The molecular weight excluding hydrogens is 222 g/mol. The van der Waals surface area contributed by atoms with Crippen molar-refractivity contribution in [2.24, 2.45) is 0 Å². The number of hydrogen-bond acceptors (Lipinski definition) is 4. The zero-order chi connectivity index (χ0) is 13.1. The highest BCUT2D eigenvalue weighted by atomic mass is 16.4. The number of carbonyl (C=O) groups excluding carboxylic acids is 1. The van der Waals surface area contributed by atoms with Gasteiger partial charge >= 0.3 is 5.97 Å². The molecule has 98 valence electrons. The topological polar surface area (TPSA) is 81.7 Å². The van der Waals surface area contributed by atoms with Gasteiger partial charge in [-0.25, -0.2) is 0 Å². The van der Waals surface area contributed by atoms with Gasteiger partial charge in [-0.2, -0.15) is 0 Å². The average Bonchev–Trinajstić information content (AvgIpc) is 2.29. The summed E-state index contributed by atoms with van der Waals surface area (Å²) in [6.07, 6.45) is 0. The number of carbonyl (C=O) groups is 2. The molecule has 0 spiro atoms. The van der Waals surface area contributed by atoms with Crippen molar-refractivity contribution in [1.29, 1.82) is 0 Å². The maximum absolute atomic E-state index is 12.0. The summed E-state index contributed by atoms with van der Waals surface area (Å²) in [5, 5.41) is 14.5. The van der Waals surface area contributed by atoms with Crippen LogP contribution in [0.25, 0.3) is 0 Å². The molecule has 1 aliphatic rings. The molecule has 0 aliphatic carbocycles. The molecule has 6 heteroatoms. The van der Waals surface area contributed by atoms with E-state index in [4.69, 9.17) is 5.11 Å². The van der Waals surface area contributed by atoms with E-state index in [-0.39, 0.29) is 5.91 Å². The van der Waals surface area contributed by atoms with Gasteiger partial charge in [0.25, 0.3) is 0 Å². The number of nitrogens with zero attached hydrogens (tertiary/aromatic N) is 1. The van der Waals surface area contributed by atoms with E-state index in [9.17, 15) is 9.59 Å². The van der Waals surface area contributed by atoms with Crippen LogP contribution in [0.4, 0.5) is 0 Å². The molecule has 0 saturated carbocycles. The normalized spacial score (nSPS) is 19.7. The molecule has 3 N–H and O–H groups in total. The second kappa shape index (κ2) is 5.46. The lowest BCUT2D eigenvalue weighted by Crippen LogP contribution is -2.61. The summed E-state index contributed by atoms with van der Waals surface area (Å²) in [7, 11) is 0. The van der Waals surface area contributed by atoms with E-state index in [0.717, 1.165) is 26.2 Å². The molecule has 1 aliphatic heterocycles. The Morgan fingerprint density at radius 3 is 2.35 bits per heavy atom. The number of hydrogen-bond donors (Lipinski definition) is 3. The van der Waals surface area contributed by atoms with E-state index in [1.165, 1.54) is 6.92 Å². The largest absolute Gasteiger partial charge is 0.480 e. The van der Waals surface area contributed by atoms with E-state index in [1.54, 1.807) is 0 Å². The minimum Gasteiger partial charge on any atom is -0.480 e. The first-order valence-electron chi connectivity index (χ1n) is 5.85. The number of carboxylic acid groups (broad SMARTS) is 1. The SMILES string of the molecule is C[C@H](NC(=O)C(C)(C)N1CCNCC1)C(=O)O. The van der Waals surface area contributed by atoms with E-state index in [1.807, 2.05) is 13.8 Å². The van der Waals surface area contributed by atoms with Crippen LogP contribution in [0.3, 0.4) is 0 Å². The summed E-state index contributed by atoms with van der Waals surface area (Å²) in [6, 6.07) is -0.857. The Morgan fingerprint density at radius 1 is 1.35 bits per heavy atom. The van der Waals surface area contributed by atoms with Crippen LogP contribution >= 0.6 is 0 Å². The van der Waals surface area contributed by atoms with Gasteiger partial charge in [0.1, 0.15) is 6.04 Å². The second-order valence-corrected chi connectivity index (χ2v) is 4.83. The minimum absolute atomic E-state index is 0.241. The summed E-state index contributed by atoms with van der Waals surface area (Å²) in [4.78, 5) is 24.8. The van der Waals surface area contributed by atoms with Crippen molar-refractivity contribution in [2.45, 2.75) is 32.4 Å². The third-order valence-corrected chi connectivity index (χ3v) is 3.18. The Hall–Kier alpha value is -1.14. The highest BCUT2D eigenvalue weighted by Gasteiger charge is 2.36. The molecule has 17 heavy (non-hydrogen) atoms. The smallest absolute Gasteiger partial charge is 0.325 e. The fourth-order valence-corrected chi connectivity index (χ4v) is 1.80. The monoisotopic (exact) mass is 243 g/mol. The molecule has 1 heterocycles. The van der Waals surface area contributed by atoms with Gasteiger partial charge in [0.05, 0.1) is 5.54 Å². The number of carboxylic acids is 1. The highest BCUT2D eigenvalue weighted by molar-refractivity contribution is 5.89. The third kappa shape index (κ3) is 3.41. The van der Waals surface area contributed by atoms with Crippen molar-refractivity contribution in [1.82, 2.24) is 15.5 Å². The number of piperazine rings is 1. The Kier molecular flexibility index (Phi) is 4.47. The van der Waals surface area contributed by atoms with Gasteiger partial charge in [-0.3, -0.25) is 14.5 Å². The molecule has 1 amide bonds. The Bertz CT molecular complexity index is 298. The van der Waals surface area contributed by atoms with Crippen LogP contribution in [-0.4, -0.2) is 59.6 Å². The second-order valence-electron chi connectivity index (χ2n) is 4.83. The summed E-state index contributed by atoms with van der Waals surface area (Å²) in [6.45, 7) is 8.40. The molecule has 0 aromatic carbocycles. The van der Waals surface area contributed by atoms with Crippen LogP contribution in [-0.2, 0) is 9.59 Å². The molecule has 0 unspecified atom stereocenters. The van der Waals surface area contributed by atoms with Gasteiger partial charge in [0, 0.05) is 26.2 Å². The van der Waals surface area contributed by atoms with E-state index in [0.29, 0.717) is 0 Å². The lowest BCUT2D eigenvalue weighted by molar-refractivity contribution is -0.143. The maximum Gasteiger partial charge on any atom is 0.325 e. The van der Waals surface area contributed by atoms with Gasteiger partial charge in [-0.15, -0.1) is 0 Å². The third-order valence-electron chi connectivity index (χ3n) is 3.18. The van der Waals surface area contributed by atoms with E-state index >= 15 is 0 Å². The van der Waals surface area contributed by atoms with Crippen molar-refractivity contribution in [2.75, 3.05) is 26.2 Å². The van der Waals surface area contributed by atoms with E-state index < -0.39 is 17.6 Å². The zero-order valence-corrected chi connectivity index (χ0v) is 10.6. The molecular formula is C11H21N3O3. The standard InChI is InChI=1S/C11H21N3O3/c1-8(9(15)16)13-10(17)11(2,3)14-6-4-12-5-7-14/h8,12H,4-7H2,1-3H3,(H,13,17)(H,15,16)/t8-/m0/s1. The van der Waals surface area contributed by atoms with Crippen LogP contribution in [0, 0.1) is 0 Å². The zero-order valence-electron chi connectivity index (χ0n) is 10.6.